The number of carbonyl (C=O) groups excluding carboxylic acids is 7. The Morgan fingerprint density at radius 3 is 0.860 bits per heavy atom. The number of rotatable bonds is 21. The molecule has 10 rings (SSSR count). The van der Waals surface area contributed by atoms with Gasteiger partial charge in [0.15, 0.2) is 49.2 Å². The first-order valence-electron chi connectivity index (χ1n) is 27.4. The third kappa shape index (κ3) is 15.2. The molecule has 0 amide bonds. The van der Waals surface area contributed by atoms with Gasteiger partial charge < -0.3 is 52.1 Å². The van der Waals surface area contributed by atoms with Crippen LogP contribution in [0.5, 0.6) is 0 Å². The molecule has 18 nitrogen and oxygen atoms in total. The van der Waals surface area contributed by atoms with Crippen LogP contribution in [0.25, 0.3) is 0 Å². The Morgan fingerprint density at radius 2 is 0.535 bits per heavy atom. The fraction of sp³-hybridized carbons (Fsp3) is 0.191. The molecule has 8 aromatic rings. The summed E-state index contributed by atoms with van der Waals surface area (Å²) >= 11 is 0. The molecule has 2 fully saturated rings. The lowest BCUT2D eigenvalue weighted by atomic mass is 9.95. The minimum atomic E-state index is -2.05. The van der Waals surface area contributed by atoms with Gasteiger partial charge in [0.1, 0.15) is 25.4 Å². The average Bonchev–Trinajstić information content (AvgIpc) is 1.27. The lowest BCUT2D eigenvalue weighted by molar-refractivity contribution is -0.365. The molecule has 0 unspecified atom stereocenters. The van der Waals surface area contributed by atoms with Crippen LogP contribution in [0.3, 0.4) is 0 Å². The van der Waals surface area contributed by atoms with Crippen molar-refractivity contribution in [3.05, 3.63) is 287 Å². The lowest BCUT2D eigenvalue weighted by Gasteiger charge is -2.48. The Balaban J connectivity index is 1.13. The van der Waals surface area contributed by atoms with E-state index in [4.69, 9.17) is 52.1 Å². The molecule has 0 N–H and O–H groups in total. The molecule has 18 heteroatoms. The largest absolute Gasteiger partial charge is 0.459 e. The molecule has 0 aromatic heterocycles. The first-order chi connectivity index (χ1) is 42.1. The number of ether oxygens (including phenoxy) is 11. The maximum Gasteiger partial charge on any atom is 0.338 e. The van der Waals surface area contributed by atoms with Crippen molar-refractivity contribution >= 4 is 41.8 Å². The van der Waals surface area contributed by atoms with E-state index < -0.39 is 116 Å². The zero-order chi connectivity index (χ0) is 59.6. The van der Waals surface area contributed by atoms with Crippen LogP contribution in [0.1, 0.15) is 78.1 Å². The highest BCUT2D eigenvalue weighted by molar-refractivity contribution is 5.93. The quantitative estimate of drug-likeness (QED) is 0.0482. The molecule has 0 saturated carbocycles. The van der Waals surface area contributed by atoms with Gasteiger partial charge in [-0.05, 0) is 90.5 Å². The van der Waals surface area contributed by atoms with Crippen molar-refractivity contribution in [2.45, 2.75) is 68.0 Å². The predicted octanol–water partition coefficient (Wildman–Crippen LogP) is 9.88. The summed E-state index contributed by atoms with van der Waals surface area (Å²) in [6.07, 6.45) is -18.0. The molecule has 8 aromatic carbocycles. The molecule has 2 heterocycles. The van der Waals surface area contributed by atoms with Crippen LogP contribution in [-0.2, 0) is 58.7 Å². The van der Waals surface area contributed by atoms with E-state index in [0.717, 1.165) is 0 Å². The third-order valence-electron chi connectivity index (χ3n) is 13.8. The molecule has 10 atom stereocenters. The second kappa shape index (κ2) is 28.9. The molecule has 2 aliphatic heterocycles. The first kappa shape index (κ1) is 59.1. The van der Waals surface area contributed by atoms with Gasteiger partial charge in [-0.3, -0.25) is 0 Å². The van der Waals surface area contributed by atoms with Gasteiger partial charge in [-0.15, -0.1) is 0 Å². The van der Waals surface area contributed by atoms with Gasteiger partial charge >= 0.3 is 41.8 Å². The summed E-state index contributed by atoms with van der Waals surface area (Å²) in [6.45, 7) is -1.57. The molecule has 86 heavy (non-hydrogen) atoms. The zero-order valence-electron chi connectivity index (χ0n) is 45.8. The summed E-state index contributed by atoms with van der Waals surface area (Å²) < 4.78 is 70.8. The smallest absolute Gasteiger partial charge is 0.338 e. The highest BCUT2D eigenvalue weighted by Gasteiger charge is 2.58. The number of hydrogen-bond acceptors (Lipinski definition) is 18. The normalized spacial score (nSPS) is 21.5. The van der Waals surface area contributed by atoms with E-state index in [0.29, 0.717) is 5.56 Å². The predicted molar refractivity (Wildman–Crippen MR) is 305 cm³/mol. The molecule has 0 radical (unpaired) electrons. The maximum atomic E-state index is 14.7. The fourth-order valence-corrected chi connectivity index (χ4v) is 9.46. The number of esters is 7. The molecule has 2 saturated heterocycles. The van der Waals surface area contributed by atoms with E-state index >= 15 is 0 Å². The standard InChI is InChI=1S/C68H56O18/c69-60(45-27-11-2-12-28-45)76-42-52-54(81-62(71)47-31-15-4-16-32-47)56(83-64(73)49-35-19-6-20-36-49)58(67(79-52)78-41-44-25-9-1-10-26-44)86-68-59(85-66(75)51-39-23-8-24-40-51)57(84-65(74)50-37-21-7-22-38-50)55(82-63(72)48-33-17-5-18-34-48)53(80-68)43-77-61(70)46-29-13-3-14-30-46/h1-40,52-59,67-68H,41-43H2/t52-,53-,54-,55-,56+,57+,58+,59+,67+,68-/m1/s1. The maximum absolute atomic E-state index is 14.7. The summed E-state index contributed by atoms with van der Waals surface area (Å²) in [5.74, 6) is -6.44. The Kier molecular flexibility index (Phi) is 19.9. The van der Waals surface area contributed by atoms with Crippen LogP contribution in [0.2, 0.25) is 0 Å². The molecule has 436 valence electrons. The van der Waals surface area contributed by atoms with E-state index in [1.165, 1.54) is 84.9 Å². The van der Waals surface area contributed by atoms with Gasteiger partial charge in [0.25, 0.3) is 0 Å². The van der Waals surface area contributed by atoms with Crippen molar-refractivity contribution in [1.82, 2.24) is 0 Å². The van der Waals surface area contributed by atoms with Crippen LogP contribution in [-0.4, -0.2) is 116 Å². The summed E-state index contributed by atoms with van der Waals surface area (Å²) in [5.41, 5.74) is 1.13. The number of benzene rings is 8. The Hall–Kier alpha value is -10.1. The second-order valence-electron chi connectivity index (χ2n) is 19.6. The minimum absolute atomic E-state index is 0.0108. The Bertz CT molecular complexity index is 3530. The van der Waals surface area contributed by atoms with E-state index in [9.17, 15) is 33.6 Å². The van der Waals surface area contributed by atoms with Crippen molar-refractivity contribution < 1.29 is 85.7 Å². The van der Waals surface area contributed by atoms with Gasteiger partial charge in [0.05, 0.1) is 45.6 Å². The van der Waals surface area contributed by atoms with E-state index in [1.807, 2.05) is 0 Å². The fourth-order valence-electron chi connectivity index (χ4n) is 9.46. The SMILES string of the molecule is O=C(OC[C@H]1O[C@H](O[C@@H]2[C@@H](OCc3ccccc3)O[C@H](COC(=O)c3ccccc3)[C@@H](OC(=O)c3ccccc3)[C@@H]2OC(=O)c2ccccc2)[C@@H](OC(=O)c2ccccc2)[C@@H](OC(=O)c2ccccc2)[C@@H]1OC(=O)c1ccccc1)c1ccccc1. The van der Waals surface area contributed by atoms with E-state index in [1.54, 1.807) is 158 Å². The van der Waals surface area contributed by atoms with Gasteiger partial charge in [-0.25, -0.2) is 33.6 Å². The monoisotopic (exact) mass is 1160 g/mol. The van der Waals surface area contributed by atoms with Gasteiger partial charge in [-0.2, -0.15) is 0 Å². The summed E-state index contributed by atoms with van der Waals surface area (Å²) in [6, 6.07) is 64.0. The molecule has 2 aliphatic rings. The molecule has 0 spiro atoms. The van der Waals surface area contributed by atoms with Crippen molar-refractivity contribution in [2.75, 3.05) is 13.2 Å². The van der Waals surface area contributed by atoms with Crippen molar-refractivity contribution in [1.29, 1.82) is 0 Å². The summed E-state index contributed by atoms with van der Waals surface area (Å²) in [5, 5.41) is 0. The molecular weight excluding hydrogens is 1100 g/mol. The Morgan fingerprint density at radius 1 is 0.279 bits per heavy atom. The van der Waals surface area contributed by atoms with E-state index in [-0.39, 0.29) is 45.6 Å². The zero-order valence-corrected chi connectivity index (χ0v) is 45.8. The van der Waals surface area contributed by atoms with Gasteiger partial charge in [-0.1, -0.05) is 158 Å². The Labute approximate surface area is 493 Å². The summed E-state index contributed by atoms with van der Waals surface area (Å²) in [7, 11) is 0. The highest BCUT2D eigenvalue weighted by Crippen LogP contribution is 2.37. The summed E-state index contributed by atoms with van der Waals surface area (Å²) in [4.78, 5) is 100. The van der Waals surface area contributed by atoms with Crippen LogP contribution in [0, 0.1) is 0 Å². The minimum Gasteiger partial charge on any atom is -0.459 e. The lowest BCUT2D eigenvalue weighted by Crippen LogP contribution is -2.67. The van der Waals surface area contributed by atoms with Gasteiger partial charge in [0, 0.05) is 0 Å². The molecule has 0 aliphatic carbocycles. The van der Waals surface area contributed by atoms with Gasteiger partial charge in [0.2, 0.25) is 0 Å². The second-order valence-corrected chi connectivity index (χ2v) is 19.6. The van der Waals surface area contributed by atoms with Crippen molar-refractivity contribution in [3.8, 4) is 0 Å². The number of hydrogen-bond donors (Lipinski definition) is 0. The third-order valence-corrected chi connectivity index (χ3v) is 13.8. The van der Waals surface area contributed by atoms with Crippen molar-refractivity contribution in [2.24, 2.45) is 0 Å². The first-order valence-corrected chi connectivity index (χ1v) is 27.4. The molecule has 0 bridgehead atoms. The van der Waals surface area contributed by atoms with E-state index in [2.05, 4.69) is 0 Å². The topological polar surface area (TPSA) is 221 Å². The van der Waals surface area contributed by atoms with Crippen LogP contribution in [0.4, 0.5) is 0 Å². The van der Waals surface area contributed by atoms with Crippen LogP contribution in [0.15, 0.2) is 243 Å². The number of carbonyl (C=O) groups is 7. The highest BCUT2D eigenvalue weighted by atomic mass is 16.8. The molecular formula is C68H56O18. The average molecular weight is 1160 g/mol. The van der Waals surface area contributed by atoms with Crippen molar-refractivity contribution in [3.63, 3.8) is 0 Å². The van der Waals surface area contributed by atoms with Crippen LogP contribution < -0.4 is 0 Å². The van der Waals surface area contributed by atoms with Crippen LogP contribution >= 0.6 is 0 Å².